The Bertz CT molecular complexity index is 1250. The predicted octanol–water partition coefficient (Wildman–Crippen LogP) is 2.48. The Morgan fingerprint density at radius 3 is 2.54 bits per heavy atom. The minimum atomic E-state index is -1.54. The normalized spacial score (nSPS) is 17.6. The van der Waals surface area contributed by atoms with Crippen LogP contribution >= 0.6 is 15.9 Å². The average molecular weight is 622 g/mol. The van der Waals surface area contributed by atoms with Gasteiger partial charge in [0, 0.05) is 26.4 Å². The van der Waals surface area contributed by atoms with Gasteiger partial charge in [0.2, 0.25) is 5.91 Å². The molecule has 3 atom stereocenters. The van der Waals surface area contributed by atoms with E-state index in [-0.39, 0.29) is 31.9 Å². The van der Waals surface area contributed by atoms with Crippen LogP contribution in [0, 0.1) is 0 Å². The first kappa shape index (κ1) is 30.0. The van der Waals surface area contributed by atoms with Crippen LogP contribution < -0.4 is 10.1 Å². The zero-order valence-electron chi connectivity index (χ0n) is 21.5. The van der Waals surface area contributed by atoms with Crippen molar-refractivity contribution in [1.82, 2.24) is 10.2 Å². The van der Waals surface area contributed by atoms with Gasteiger partial charge in [-0.3, -0.25) is 23.4 Å². The fourth-order valence-corrected chi connectivity index (χ4v) is 5.26. The molecule has 3 unspecified atom stereocenters. The van der Waals surface area contributed by atoms with E-state index < -0.39 is 46.6 Å². The van der Waals surface area contributed by atoms with E-state index in [9.17, 15) is 23.4 Å². The number of nitrogens with one attached hydrogen (secondary N) is 1. The van der Waals surface area contributed by atoms with Gasteiger partial charge < -0.3 is 24.4 Å². The minimum absolute atomic E-state index is 0.0291. The zero-order chi connectivity index (χ0) is 28.4. The zero-order valence-corrected chi connectivity index (χ0v) is 23.9. The SMILES string of the molecule is COC(=O)CCS(=O)C=C(C)C1C(NC(=O)COc2cccc(Br)c2)C(=O)N1CC(=O)OCc1ccccc1. The Kier molecular flexibility index (Phi) is 11.2. The molecule has 2 aromatic carbocycles. The highest BCUT2D eigenvalue weighted by atomic mass is 79.9. The number of methoxy groups -OCH3 is 1. The second-order valence-corrected chi connectivity index (χ2v) is 10.9. The lowest BCUT2D eigenvalue weighted by atomic mass is 9.89. The molecule has 0 bridgehead atoms. The Morgan fingerprint density at radius 2 is 1.85 bits per heavy atom. The van der Waals surface area contributed by atoms with E-state index in [1.807, 2.05) is 36.4 Å². The number of hydrogen-bond acceptors (Lipinski definition) is 8. The fourth-order valence-electron chi connectivity index (χ4n) is 3.84. The van der Waals surface area contributed by atoms with E-state index in [1.54, 1.807) is 25.1 Å². The van der Waals surface area contributed by atoms with Gasteiger partial charge in [-0.05, 0) is 36.3 Å². The van der Waals surface area contributed by atoms with Gasteiger partial charge >= 0.3 is 11.9 Å². The van der Waals surface area contributed by atoms with Gasteiger partial charge in [0.05, 0.1) is 19.6 Å². The molecule has 2 aromatic rings. The Morgan fingerprint density at radius 1 is 1.10 bits per heavy atom. The van der Waals surface area contributed by atoms with Crippen LogP contribution in [0.5, 0.6) is 5.75 Å². The highest BCUT2D eigenvalue weighted by Crippen LogP contribution is 2.27. The second-order valence-electron chi connectivity index (χ2n) is 8.62. The summed E-state index contributed by atoms with van der Waals surface area (Å²) in [5.74, 6) is -1.65. The molecule has 1 aliphatic heterocycles. The number of carbonyl (C=O) groups excluding carboxylic acids is 4. The minimum Gasteiger partial charge on any atom is -0.484 e. The van der Waals surface area contributed by atoms with Crippen LogP contribution in [0.1, 0.15) is 18.9 Å². The van der Waals surface area contributed by atoms with Crippen LogP contribution in [-0.2, 0) is 46.1 Å². The maximum absolute atomic E-state index is 13.0. The topological polar surface area (TPSA) is 128 Å². The van der Waals surface area contributed by atoms with Crippen molar-refractivity contribution in [2.45, 2.75) is 32.0 Å². The molecule has 2 amide bonds. The van der Waals surface area contributed by atoms with Gasteiger partial charge in [-0.15, -0.1) is 0 Å². The van der Waals surface area contributed by atoms with Gasteiger partial charge in [0.15, 0.2) is 6.61 Å². The number of halogens is 1. The maximum Gasteiger partial charge on any atom is 0.326 e. The number of esters is 2. The Labute approximate surface area is 237 Å². The molecule has 1 aliphatic rings. The average Bonchev–Trinajstić information content (AvgIpc) is 2.93. The van der Waals surface area contributed by atoms with Crippen LogP contribution in [0.3, 0.4) is 0 Å². The number of rotatable bonds is 13. The van der Waals surface area contributed by atoms with Crippen molar-refractivity contribution in [2.24, 2.45) is 0 Å². The third kappa shape index (κ3) is 9.03. The third-order valence-corrected chi connectivity index (χ3v) is 7.48. The van der Waals surface area contributed by atoms with E-state index in [4.69, 9.17) is 9.47 Å². The number of likely N-dealkylation sites (tertiary alicyclic amines) is 1. The first-order valence-corrected chi connectivity index (χ1v) is 14.2. The van der Waals surface area contributed by atoms with Crippen LogP contribution in [-0.4, -0.2) is 71.0 Å². The number of amides is 2. The van der Waals surface area contributed by atoms with Gasteiger partial charge in [-0.2, -0.15) is 0 Å². The summed E-state index contributed by atoms with van der Waals surface area (Å²) in [7, 11) is -0.300. The summed E-state index contributed by atoms with van der Waals surface area (Å²) >= 11 is 3.33. The molecule has 1 fully saturated rings. The van der Waals surface area contributed by atoms with Crippen molar-refractivity contribution in [3.63, 3.8) is 0 Å². The van der Waals surface area contributed by atoms with Gasteiger partial charge in [0.1, 0.15) is 24.9 Å². The molecule has 10 nitrogen and oxygen atoms in total. The van der Waals surface area contributed by atoms with Crippen LogP contribution in [0.2, 0.25) is 0 Å². The van der Waals surface area contributed by atoms with Gasteiger partial charge in [0.25, 0.3) is 5.91 Å². The summed E-state index contributed by atoms with van der Waals surface area (Å²) in [5, 5.41) is 4.06. The molecule has 39 heavy (non-hydrogen) atoms. The highest BCUT2D eigenvalue weighted by Gasteiger charge is 2.49. The van der Waals surface area contributed by atoms with E-state index in [0.717, 1.165) is 10.0 Å². The Balaban J connectivity index is 1.66. The van der Waals surface area contributed by atoms with Crippen molar-refractivity contribution in [3.8, 4) is 5.75 Å². The summed E-state index contributed by atoms with van der Waals surface area (Å²) in [4.78, 5) is 50.8. The quantitative estimate of drug-likeness (QED) is 0.267. The molecule has 12 heteroatoms. The van der Waals surface area contributed by atoms with Crippen molar-refractivity contribution in [1.29, 1.82) is 0 Å². The monoisotopic (exact) mass is 620 g/mol. The number of β-lactam (4-membered cyclic amide) rings is 1. The smallest absolute Gasteiger partial charge is 0.326 e. The maximum atomic E-state index is 13.0. The second kappa shape index (κ2) is 14.6. The fraction of sp³-hybridized carbons (Fsp3) is 0.333. The number of nitrogens with zero attached hydrogens (tertiary/aromatic N) is 1. The van der Waals surface area contributed by atoms with E-state index in [0.29, 0.717) is 11.3 Å². The summed E-state index contributed by atoms with van der Waals surface area (Å²) in [6.07, 6.45) is -0.0425. The van der Waals surface area contributed by atoms with Crippen LogP contribution in [0.4, 0.5) is 0 Å². The van der Waals surface area contributed by atoms with E-state index in [1.165, 1.54) is 17.4 Å². The summed E-state index contributed by atoms with van der Waals surface area (Å²) < 4.78 is 28.7. The molecular weight excluding hydrogens is 592 g/mol. The number of benzene rings is 2. The third-order valence-electron chi connectivity index (χ3n) is 5.74. The number of carbonyl (C=O) groups is 4. The molecular formula is C27H29BrN2O8S. The molecule has 1 N–H and O–H groups in total. The molecule has 208 valence electrons. The molecule has 0 aliphatic carbocycles. The predicted molar refractivity (Wildman–Crippen MR) is 147 cm³/mol. The summed E-state index contributed by atoms with van der Waals surface area (Å²) in [6.45, 7) is 1.01. The molecule has 0 radical (unpaired) electrons. The highest BCUT2D eigenvalue weighted by molar-refractivity contribution is 9.10. The van der Waals surface area contributed by atoms with Crippen molar-refractivity contribution < 1.29 is 37.6 Å². The summed E-state index contributed by atoms with van der Waals surface area (Å²) in [5.41, 5.74) is 1.29. The van der Waals surface area contributed by atoms with Crippen LogP contribution in [0.25, 0.3) is 0 Å². The molecule has 1 heterocycles. The number of hydrogen-bond donors (Lipinski definition) is 1. The van der Waals surface area contributed by atoms with E-state index in [2.05, 4.69) is 26.0 Å². The molecule has 1 saturated heterocycles. The van der Waals surface area contributed by atoms with Gasteiger partial charge in [-0.1, -0.05) is 52.3 Å². The molecule has 0 aromatic heterocycles. The lowest BCUT2D eigenvalue weighted by Gasteiger charge is -2.47. The van der Waals surface area contributed by atoms with Crippen molar-refractivity contribution >= 4 is 50.5 Å². The van der Waals surface area contributed by atoms with E-state index >= 15 is 0 Å². The van der Waals surface area contributed by atoms with Crippen molar-refractivity contribution in [2.75, 3.05) is 26.0 Å². The first-order valence-electron chi connectivity index (χ1n) is 12.0. The standard InChI is InChI=1S/C27H29BrN2O8S/c1-18(17-39(35)12-11-23(32)36-2)26-25(29-22(31)16-37-21-10-6-9-20(28)13-21)27(34)30(26)14-24(33)38-15-19-7-4-3-5-8-19/h3-10,13,17,25-26H,11-12,14-16H2,1-2H3,(H,29,31). The first-order chi connectivity index (χ1) is 18.7. The number of ether oxygens (including phenoxy) is 3. The lowest BCUT2D eigenvalue weighted by molar-refractivity contribution is -0.161. The van der Waals surface area contributed by atoms with Gasteiger partial charge in [-0.25, -0.2) is 0 Å². The molecule has 0 spiro atoms. The lowest BCUT2D eigenvalue weighted by Crippen LogP contribution is -2.72. The van der Waals surface area contributed by atoms with Crippen molar-refractivity contribution in [3.05, 3.63) is 75.6 Å². The molecule has 0 saturated carbocycles. The van der Waals surface area contributed by atoms with Crippen LogP contribution in [0.15, 0.2) is 70.1 Å². The molecule has 3 rings (SSSR count). The Hall–Kier alpha value is -3.51. The summed E-state index contributed by atoms with van der Waals surface area (Å²) in [6, 6.07) is 14.3. The largest absolute Gasteiger partial charge is 0.484 e.